The fraction of sp³-hybridized carbons (Fsp3) is 0.615. The van der Waals surface area contributed by atoms with Gasteiger partial charge in [-0.05, 0) is 24.3 Å². The van der Waals surface area contributed by atoms with Crippen LogP contribution in [0.1, 0.15) is 23.8 Å². The van der Waals surface area contributed by atoms with Crippen molar-refractivity contribution >= 4 is 17.2 Å². The second-order valence-corrected chi connectivity index (χ2v) is 5.99. The van der Waals surface area contributed by atoms with E-state index in [-0.39, 0.29) is 23.9 Å². The summed E-state index contributed by atoms with van der Waals surface area (Å²) in [5.41, 5.74) is 5.94. The van der Waals surface area contributed by atoms with Crippen molar-refractivity contribution in [3.63, 3.8) is 0 Å². The van der Waals surface area contributed by atoms with Crippen LogP contribution in [0.5, 0.6) is 0 Å². The Morgan fingerprint density at radius 1 is 1.50 bits per heavy atom. The van der Waals surface area contributed by atoms with Crippen molar-refractivity contribution in [1.82, 2.24) is 4.90 Å². The van der Waals surface area contributed by atoms with Gasteiger partial charge in [0.1, 0.15) is 0 Å². The van der Waals surface area contributed by atoms with Crippen LogP contribution in [-0.4, -0.2) is 36.6 Å². The predicted molar refractivity (Wildman–Crippen MR) is 70.3 cm³/mol. The van der Waals surface area contributed by atoms with Crippen molar-refractivity contribution in [3.05, 3.63) is 22.4 Å². The van der Waals surface area contributed by atoms with E-state index in [1.54, 1.807) is 11.3 Å². The Labute approximate surface area is 111 Å². The van der Waals surface area contributed by atoms with E-state index >= 15 is 0 Å². The molecule has 98 valence electrons. The lowest BCUT2D eigenvalue weighted by Gasteiger charge is -2.27. The van der Waals surface area contributed by atoms with Gasteiger partial charge in [0.25, 0.3) is 0 Å². The molecule has 18 heavy (non-hydrogen) atoms. The zero-order valence-electron chi connectivity index (χ0n) is 10.2. The molecule has 5 heteroatoms. The molecule has 0 spiro atoms. The van der Waals surface area contributed by atoms with Crippen molar-refractivity contribution in [2.24, 2.45) is 11.7 Å². The summed E-state index contributed by atoms with van der Waals surface area (Å²) in [5, 5.41) is 2.07. The predicted octanol–water partition coefficient (Wildman–Crippen LogP) is 1.39. The molecule has 3 unspecified atom stereocenters. The molecular weight excluding hydrogens is 248 g/mol. The Balaban J connectivity index is 1.76. The topological polar surface area (TPSA) is 55.6 Å². The highest BCUT2D eigenvalue weighted by Gasteiger charge is 2.39. The van der Waals surface area contributed by atoms with Gasteiger partial charge in [-0.25, -0.2) is 0 Å². The van der Waals surface area contributed by atoms with Gasteiger partial charge in [0.2, 0.25) is 5.91 Å². The van der Waals surface area contributed by atoms with E-state index in [1.807, 2.05) is 11.0 Å². The van der Waals surface area contributed by atoms with E-state index in [0.29, 0.717) is 13.2 Å². The lowest BCUT2D eigenvalue weighted by molar-refractivity contribution is -0.136. The van der Waals surface area contributed by atoms with Crippen LogP contribution in [0.15, 0.2) is 17.5 Å². The quantitative estimate of drug-likeness (QED) is 0.880. The van der Waals surface area contributed by atoms with Crippen LogP contribution in [-0.2, 0) is 9.53 Å². The van der Waals surface area contributed by atoms with Crippen LogP contribution in [0.3, 0.4) is 0 Å². The molecule has 1 aromatic heterocycles. The molecule has 0 aromatic carbocycles. The van der Waals surface area contributed by atoms with E-state index in [4.69, 9.17) is 10.5 Å². The molecule has 2 N–H and O–H groups in total. The lowest BCUT2D eigenvalue weighted by Crippen LogP contribution is -2.43. The van der Waals surface area contributed by atoms with Crippen molar-refractivity contribution < 1.29 is 9.53 Å². The zero-order valence-corrected chi connectivity index (χ0v) is 11.1. The zero-order chi connectivity index (χ0) is 12.5. The Morgan fingerprint density at radius 3 is 3.06 bits per heavy atom. The number of nitrogens with two attached hydrogens (primary N) is 1. The summed E-state index contributed by atoms with van der Waals surface area (Å²) in [6.45, 7) is 1.84. The fourth-order valence-electron chi connectivity index (χ4n) is 2.85. The highest BCUT2D eigenvalue weighted by molar-refractivity contribution is 7.10. The van der Waals surface area contributed by atoms with Gasteiger partial charge < -0.3 is 15.4 Å². The first-order valence-corrected chi connectivity index (χ1v) is 7.32. The molecule has 0 radical (unpaired) electrons. The number of carbonyl (C=O) groups is 1. The van der Waals surface area contributed by atoms with Crippen molar-refractivity contribution in [3.8, 4) is 0 Å². The van der Waals surface area contributed by atoms with Crippen LogP contribution in [0.2, 0.25) is 0 Å². The maximum absolute atomic E-state index is 12.5. The Bertz CT molecular complexity index is 421. The van der Waals surface area contributed by atoms with E-state index in [9.17, 15) is 4.79 Å². The Morgan fingerprint density at radius 2 is 2.39 bits per heavy atom. The number of carbonyl (C=O) groups excluding carboxylic acids is 1. The molecule has 0 bridgehead atoms. The maximum atomic E-state index is 12.5. The van der Waals surface area contributed by atoms with Gasteiger partial charge in [-0.2, -0.15) is 0 Å². The van der Waals surface area contributed by atoms with Crippen molar-refractivity contribution in [2.75, 3.05) is 19.8 Å². The van der Waals surface area contributed by atoms with Crippen LogP contribution in [0, 0.1) is 5.92 Å². The van der Waals surface area contributed by atoms with Crippen LogP contribution < -0.4 is 5.73 Å². The molecule has 1 amide bonds. The normalized spacial score (nSPS) is 32.1. The average molecular weight is 266 g/mol. The first kappa shape index (κ1) is 12.1. The first-order valence-electron chi connectivity index (χ1n) is 6.44. The Hall–Kier alpha value is -0.910. The minimum absolute atomic E-state index is 0.137. The third-order valence-corrected chi connectivity index (χ3v) is 4.82. The van der Waals surface area contributed by atoms with Gasteiger partial charge in [-0.3, -0.25) is 4.79 Å². The van der Waals surface area contributed by atoms with Crippen LogP contribution >= 0.6 is 11.3 Å². The average Bonchev–Trinajstić information content (AvgIpc) is 3.09. The number of hydrogen-bond donors (Lipinski definition) is 1. The number of likely N-dealkylation sites (tertiary alicyclic amines) is 1. The number of ether oxygens (including phenoxy) is 1. The molecule has 1 aromatic rings. The van der Waals surface area contributed by atoms with E-state index in [0.717, 1.165) is 19.4 Å². The van der Waals surface area contributed by atoms with Gasteiger partial charge >= 0.3 is 0 Å². The van der Waals surface area contributed by atoms with Gasteiger partial charge in [-0.15, -0.1) is 11.3 Å². The molecule has 2 aliphatic heterocycles. The van der Waals surface area contributed by atoms with Gasteiger partial charge in [0.15, 0.2) is 0 Å². The molecule has 4 nitrogen and oxygen atoms in total. The third-order valence-electron chi connectivity index (χ3n) is 3.85. The number of rotatable bonds is 2. The molecule has 3 rings (SSSR count). The minimum atomic E-state index is -0.148. The number of amides is 1. The SMILES string of the molecule is NC1COCC1C(=O)N1CCCC1c1cccs1. The van der Waals surface area contributed by atoms with Crippen molar-refractivity contribution in [2.45, 2.75) is 24.9 Å². The van der Waals surface area contributed by atoms with Crippen LogP contribution in [0.4, 0.5) is 0 Å². The van der Waals surface area contributed by atoms with E-state index < -0.39 is 0 Å². The largest absolute Gasteiger partial charge is 0.379 e. The lowest BCUT2D eigenvalue weighted by atomic mass is 10.0. The molecule has 2 saturated heterocycles. The first-order chi connectivity index (χ1) is 8.77. The summed E-state index contributed by atoms with van der Waals surface area (Å²) in [4.78, 5) is 15.8. The summed E-state index contributed by atoms with van der Waals surface area (Å²) in [7, 11) is 0. The third kappa shape index (κ3) is 2.06. The summed E-state index contributed by atoms with van der Waals surface area (Å²) in [5.74, 6) is 0.0291. The fourth-order valence-corrected chi connectivity index (χ4v) is 3.72. The molecule has 2 aliphatic rings. The van der Waals surface area contributed by atoms with E-state index in [1.165, 1.54) is 4.88 Å². The standard InChI is InChI=1S/C13H18N2O2S/c14-10-8-17-7-9(10)13(16)15-5-1-3-11(15)12-4-2-6-18-12/h2,4,6,9-11H,1,3,5,7-8,14H2. The summed E-state index contributed by atoms with van der Waals surface area (Å²) < 4.78 is 5.31. The minimum Gasteiger partial charge on any atom is -0.379 e. The summed E-state index contributed by atoms with van der Waals surface area (Å²) in [6.07, 6.45) is 2.15. The molecule has 2 fully saturated rings. The maximum Gasteiger partial charge on any atom is 0.230 e. The number of hydrogen-bond acceptors (Lipinski definition) is 4. The molecule has 0 aliphatic carbocycles. The van der Waals surface area contributed by atoms with Gasteiger partial charge in [-0.1, -0.05) is 6.07 Å². The van der Waals surface area contributed by atoms with Crippen molar-refractivity contribution in [1.29, 1.82) is 0 Å². The van der Waals surface area contributed by atoms with E-state index in [2.05, 4.69) is 11.4 Å². The smallest absolute Gasteiger partial charge is 0.230 e. The molecule has 3 atom stereocenters. The van der Waals surface area contributed by atoms with Crippen LogP contribution in [0.25, 0.3) is 0 Å². The molecule has 3 heterocycles. The Kier molecular flexibility index (Phi) is 3.37. The second kappa shape index (κ2) is 4.99. The molecule has 0 saturated carbocycles. The monoisotopic (exact) mass is 266 g/mol. The summed E-state index contributed by atoms with van der Waals surface area (Å²) >= 11 is 1.73. The molecular formula is C13H18N2O2S. The number of thiophene rings is 1. The highest BCUT2D eigenvalue weighted by Crippen LogP contribution is 2.36. The number of nitrogens with zero attached hydrogens (tertiary/aromatic N) is 1. The van der Waals surface area contributed by atoms with Gasteiger partial charge in [0, 0.05) is 17.5 Å². The van der Waals surface area contributed by atoms with Gasteiger partial charge in [0.05, 0.1) is 25.2 Å². The summed E-state index contributed by atoms with van der Waals surface area (Å²) in [6, 6.07) is 4.28. The highest BCUT2D eigenvalue weighted by atomic mass is 32.1. The second-order valence-electron chi connectivity index (χ2n) is 5.01.